The van der Waals surface area contributed by atoms with Crippen LogP contribution in [0.25, 0.3) is 11.1 Å². The van der Waals surface area contributed by atoms with Crippen molar-refractivity contribution in [3.63, 3.8) is 0 Å². The smallest absolute Gasteiger partial charge is 0.344 e. The van der Waals surface area contributed by atoms with E-state index >= 15 is 0 Å². The number of carboxylic acid groups (broad SMARTS) is 2. The highest BCUT2D eigenvalue weighted by Gasteiger charge is 2.26. The molecule has 120 valence electrons. The lowest BCUT2D eigenvalue weighted by molar-refractivity contribution is -0.146. The Balaban J connectivity index is 2.17. The van der Waals surface area contributed by atoms with Crippen LogP contribution in [-0.2, 0) is 9.59 Å². The Morgan fingerprint density at radius 3 is 2.22 bits per heavy atom. The van der Waals surface area contributed by atoms with Crippen LogP contribution in [0.3, 0.4) is 0 Å². The quantitative estimate of drug-likeness (QED) is 0.720. The van der Waals surface area contributed by atoms with Crippen LogP contribution in [0, 0.1) is 0 Å². The van der Waals surface area contributed by atoms with E-state index in [1.165, 1.54) is 0 Å². The molecule has 0 aliphatic rings. The van der Waals surface area contributed by atoms with Gasteiger partial charge in [-0.05, 0) is 23.3 Å². The van der Waals surface area contributed by atoms with Crippen LogP contribution in [-0.4, -0.2) is 34.3 Å². The van der Waals surface area contributed by atoms with Crippen molar-refractivity contribution < 1.29 is 24.5 Å². The second kappa shape index (κ2) is 7.42. The fraction of sp³-hybridized carbons (Fsp3) is 0.176. The summed E-state index contributed by atoms with van der Waals surface area (Å²) in [5, 5.41) is 18.0. The molecule has 0 aliphatic heterocycles. The average molecular weight is 315 g/mol. The lowest BCUT2D eigenvalue weighted by atomic mass is 10.1. The van der Waals surface area contributed by atoms with Gasteiger partial charge in [0.15, 0.2) is 6.10 Å². The highest BCUT2D eigenvalue weighted by atomic mass is 16.5. The first-order valence-electron chi connectivity index (χ1n) is 7.00. The molecule has 2 rings (SSSR count). The first-order valence-corrected chi connectivity index (χ1v) is 7.00. The molecule has 0 spiro atoms. The van der Waals surface area contributed by atoms with E-state index in [-0.39, 0.29) is 6.42 Å². The standard InChI is InChI=1S/C17H17NO5/c18-14(16(19)20)10-15(17(21)22)23-13-8-4-7-12(9-13)11-5-2-1-3-6-11/h1-9,14-15H,10,18H2,(H,19,20)(H,21,22)/t14-,15?/m0/s1. The van der Waals surface area contributed by atoms with E-state index in [0.29, 0.717) is 5.75 Å². The van der Waals surface area contributed by atoms with E-state index in [0.717, 1.165) is 11.1 Å². The average Bonchev–Trinajstić information content (AvgIpc) is 2.55. The van der Waals surface area contributed by atoms with Crippen LogP contribution < -0.4 is 10.5 Å². The van der Waals surface area contributed by atoms with Crippen molar-refractivity contribution >= 4 is 11.9 Å². The van der Waals surface area contributed by atoms with Gasteiger partial charge < -0.3 is 20.7 Å². The van der Waals surface area contributed by atoms with Gasteiger partial charge in [0.2, 0.25) is 0 Å². The lowest BCUT2D eigenvalue weighted by Gasteiger charge is -2.17. The summed E-state index contributed by atoms with van der Waals surface area (Å²) >= 11 is 0. The number of hydrogen-bond acceptors (Lipinski definition) is 4. The first-order chi connectivity index (χ1) is 11.0. The van der Waals surface area contributed by atoms with Gasteiger partial charge in [-0.3, -0.25) is 4.79 Å². The minimum atomic E-state index is -1.33. The van der Waals surface area contributed by atoms with E-state index in [2.05, 4.69) is 0 Å². The van der Waals surface area contributed by atoms with Gasteiger partial charge in [0.1, 0.15) is 11.8 Å². The van der Waals surface area contributed by atoms with Crippen molar-refractivity contribution in [2.24, 2.45) is 5.73 Å². The van der Waals surface area contributed by atoms with Gasteiger partial charge in [-0.2, -0.15) is 0 Å². The predicted molar refractivity (Wildman–Crippen MR) is 84.2 cm³/mol. The second-order valence-corrected chi connectivity index (χ2v) is 5.02. The molecule has 0 fully saturated rings. The summed E-state index contributed by atoms with van der Waals surface area (Å²) in [6, 6.07) is 15.2. The number of carbonyl (C=O) groups is 2. The van der Waals surface area contributed by atoms with Crippen molar-refractivity contribution in [2.75, 3.05) is 0 Å². The Kier molecular flexibility index (Phi) is 5.32. The van der Waals surface area contributed by atoms with Crippen molar-refractivity contribution in [1.82, 2.24) is 0 Å². The number of aliphatic carboxylic acids is 2. The zero-order chi connectivity index (χ0) is 16.8. The molecule has 0 saturated carbocycles. The summed E-state index contributed by atoms with van der Waals surface area (Å²) in [7, 11) is 0. The van der Waals surface area contributed by atoms with E-state index in [4.69, 9.17) is 15.6 Å². The van der Waals surface area contributed by atoms with Crippen molar-refractivity contribution in [1.29, 1.82) is 0 Å². The Hall–Kier alpha value is -2.86. The van der Waals surface area contributed by atoms with Gasteiger partial charge in [-0.1, -0.05) is 42.5 Å². The SMILES string of the molecule is N[C@@H](CC(Oc1cccc(-c2ccccc2)c1)C(=O)O)C(=O)O. The molecule has 0 bridgehead atoms. The summed E-state index contributed by atoms with van der Waals surface area (Å²) in [4.78, 5) is 22.0. The second-order valence-electron chi connectivity index (χ2n) is 5.02. The maximum atomic E-state index is 11.2. The molecule has 1 unspecified atom stereocenters. The molecule has 6 heteroatoms. The molecule has 0 amide bonds. The molecule has 0 heterocycles. The largest absolute Gasteiger partial charge is 0.480 e. The lowest BCUT2D eigenvalue weighted by Crippen LogP contribution is -2.39. The molecule has 0 aromatic heterocycles. The number of ether oxygens (including phenoxy) is 1. The highest BCUT2D eigenvalue weighted by molar-refractivity contribution is 5.77. The van der Waals surface area contributed by atoms with E-state index in [9.17, 15) is 14.7 Å². The molecule has 2 atom stereocenters. The molecule has 4 N–H and O–H groups in total. The molecular formula is C17H17NO5. The van der Waals surface area contributed by atoms with Crippen molar-refractivity contribution in [3.8, 4) is 16.9 Å². The molecule has 2 aromatic rings. The van der Waals surface area contributed by atoms with Crippen molar-refractivity contribution in [3.05, 3.63) is 54.6 Å². The van der Waals surface area contributed by atoms with E-state index in [1.54, 1.807) is 18.2 Å². The number of benzene rings is 2. The molecule has 23 heavy (non-hydrogen) atoms. The Labute approximate surface area is 133 Å². The third-order valence-electron chi connectivity index (χ3n) is 3.28. The number of hydrogen-bond donors (Lipinski definition) is 3. The van der Waals surface area contributed by atoms with Crippen LogP contribution in [0.1, 0.15) is 6.42 Å². The van der Waals surface area contributed by atoms with Crippen LogP contribution in [0.2, 0.25) is 0 Å². The summed E-state index contributed by atoms with van der Waals surface area (Å²) in [6.07, 6.45) is -1.65. The molecule has 0 saturated heterocycles. The minimum Gasteiger partial charge on any atom is -0.480 e. The molecular weight excluding hydrogens is 298 g/mol. The molecule has 2 aromatic carbocycles. The number of nitrogens with two attached hydrogens (primary N) is 1. The minimum absolute atomic E-state index is 0.319. The van der Waals surface area contributed by atoms with Gasteiger partial charge in [0.05, 0.1) is 0 Å². The topological polar surface area (TPSA) is 110 Å². The molecule has 0 radical (unpaired) electrons. The van der Waals surface area contributed by atoms with Gasteiger partial charge >= 0.3 is 11.9 Å². The Morgan fingerprint density at radius 1 is 0.957 bits per heavy atom. The first kappa shape index (κ1) is 16.5. The summed E-state index contributed by atoms with van der Waals surface area (Å²) in [5.41, 5.74) is 7.22. The predicted octanol–water partition coefficient (Wildman–Crippen LogP) is 1.99. The Bertz CT molecular complexity index is 686. The van der Waals surface area contributed by atoms with Gasteiger partial charge in [-0.25, -0.2) is 4.79 Å². The maximum absolute atomic E-state index is 11.2. The van der Waals surface area contributed by atoms with Crippen molar-refractivity contribution in [2.45, 2.75) is 18.6 Å². The van der Waals surface area contributed by atoms with Gasteiger partial charge in [-0.15, -0.1) is 0 Å². The number of rotatable bonds is 7. The fourth-order valence-corrected chi connectivity index (χ4v) is 2.07. The van der Waals surface area contributed by atoms with E-state index < -0.39 is 24.1 Å². The summed E-state index contributed by atoms with van der Waals surface area (Å²) in [5.74, 6) is -2.18. The third-order valence-corrected chi connectivity index (χ3v) is 3.28. The van der Waals surface area contributed by atoms with Gasteiger partial charge in [0, 0.05) is 6.42 Å². The van der Waals surface area contributed by atoms with E-state index in [1.807, 2.05) is 36.4 Å². The molecule has 0 aliphatic carbocycles. The fourth-order valence-electron chi connectivity index (χ4n) is 2.07. The normalized spacial score (nSPS) is 13.1. The van der Waals surface area contributed by atoms with Crippen LogP contribution in [0.5, 0.6) is 5.75 Å². The zero-order valence-corrected chi connectivity index (χ0v) is 12.3. The highest BCUT2D eigenvalue weighted by Crippen LogP contribution is 2.24. The Morgan fingerprint density at radius 2 is 1.61 bits per heavy atom. The molecule has 6 nitrogen and oxygen atoms in total. The monoisotopic (exact) mass is 315 g/mol. The number of carboxylic acids is 2. The van der Waals surface area contributed by atoms with Crippen LogP contribution >= 0.6 is 0 Å². The maximum Gasteiger partial charge on any atom is 0.344 e. The summed E-state index contributed by atoms with van der Waals surface area (Å²) in [6.45, 7) is 0. The third kappa shape index (κ3) is 4.55. The summed E-state index contributed by atoms with van der Waals surface area (Å²) < 4.78 is 5.42. The zero-order valence-electron chi connectivity index (χ0n) is 12.3. The van der Waals surface area contributed by atoms with Crippen LogP contribution in [0.15, 0.2) is 54.6 Å². The van der Waals surface area contributed by atoms with Gasteiger partial charge in [0.25, 0.3) is 0 Å². The van der Waals surface area contributed by atoms with Crippen LogP contribution in [0.4, 0.5) is 0 Å².